The van der Waals surface area contributed by atoms with Gasteiger partial charge in [-0.3, -0.25) is 4.98 Å². The molecular formula is C14H16N2O. The molecule has 1 N–H and O–H groups in total. The summed E-state index contributed by atoms with van der Waals surface area (Å²) in [6.07, 6.45) is 3.61. The Bertz CT molecular complexity index is 375. The summed E-state index contributed by atoms with van der Waals surface area (Å²) in [4.78, 5) is 3.98. The molecule has 0 atom stereocenters. The molecule has 0 bridgehead atoms. The standard InChI is InChI=1S/C14H16N2O/c1-2-4-14(5-3-1)17-11-10-16-12-13-6-8-15-9-7-13/h1-9,16H,10-12H2. The maximum Gasteiger partial charge on any atom is 0.119 e. The van der Waals surface area contributed by atoms with Crippen molar-refractivity contribution in [2.75, 3.05) is 13.2 Å². The summed E-state index contributed by atoms with van der Waals surface area (Å²) in [5.41, 5.74) is 1.24. The molecule has 0 unspecified atom stereocenters. The van der Waals surface area contributed by atoms with Gasteiger partial charge in [0.15, 0.2) is 0 Å². The highest BCUT2D eigenvalue weighted by molar-refractivity contribution is 5.20. The fourth-order valence-corrected chi connectivity index (χ4v) is 1.49. The first-order valence-electron chi connectivity index (χ1n) is 5.72. The minimum Gasteiger partial charge on any atom is -0.492 e. The van der Waals surface area contributed by atoms with Gasteiger partial charge in [0.2, 0.25) is 0 Å². The molecule has 3 heteroatoms. The van der Waals surface area contributed by atoms with Gasteiger partial charge >= 0.3 is 0 Å². The van der Waals surface area contributed by atoms with Crippen LogP contribution in [0.5, 0.6) is 5.75 Å². The summed E-state index contributed by atoms with van der Waals surface area (Å²) >= 11 is 0. The van der Waals surface area contributed by atoms with Crippen molar-refractivity contribution < 1.29 is 4.74 Å². The van der Waals surface area contributed by atoms with Crippen LogP contribution >= 0.6 is 0 Å². The number of aromatic nitrogens is 1. The first-order valence-corrected chi connectivity index (χ1v) is 5.72. The third-order valence-electron chi connectivity index (χ3n) is 2.37. The number of pyridine rings is 1. The quantitative estimate of drug-likeness (QED) is 0.770. The molecule has 0 aliphatic heterocycles. The van der Waals surface area contributed by atoms with Crippen molar-refractivity contribution in [1.82, 2.24) is 10.3 Å². The number of nitrogens with zero attached hydrogens (tertiary/aromatic N) is 1. The fourth-order valence-electron chi connectivity index (χ4n) is 1.49. The lowest BCUT2D eigenvalue weighted by molar-refractivity contribution is 0.313. The maximum absolute atomic E-state index is 5.57. The Morgan fingerprint density at radius 1 is 1.00 bits per heavy atom. The van der Waals surface area contributed by atoms with Crippen molar-refractivity contribution in [2.24, 2.45) is 0 Å². The predicted octanol–water partition coefficient (Wildman–Crippen LogP) is 2.25. The molecule has 0 amide bonds. The first-order chi connectivity index (χ1) is 8.45. The Morgan fingerprint density at radius 3 is 2.53 bits per heavy atom. The van der Waals surface area contributed by atoms with Crippen LogP contribution in [0.25, 0.3) is 0 Å². The third kappa shape index (κ3) is 4.25. The van der Waals surface area contributed by atoms with Gasteiger partial charge in [-0.25, -0.2) is 0 Å². The SMILES string of the molecule is c1ccc(OCCNCc2ccncc2)cc1. The Hall–Kier alpha value is -1.87. The molecule has 17 heavy (non-hydrogen) atoms. The number of ether oxygens (including phenoxy) is 1. The molecule has 2 rings (SSSR count). The van der Waals surface area contributed by atoms with Crippen molar-refractivity contribution in [3.05, 3.63) is 60.4 Å². The Kier molecular flexibility index (Phi) is 4.55. The van der Waals surface area contributed by atoms with Crippen LogP contribution in [-0.2, 0) is 6.54 Å². The molecule has 0 radical (unpaired) electrons. The second kappa shape index (κ2) is 6.66. The Labute approximate surface area is 101 Å². The monoisotopic (exact) mass is 228 g/mol. The Morgan fingerprint density at radius 2 is 1.76 bits per heavy atom. The summed E-state index contributed by atoms with van der Waals surface area (Å²) in [6, 6.07) is 13.9. The number of para-hydroxylation sites is 1. The van der Waals surface area contributed by atoms with Gasteiger partial charge in [0.05, 0.1) is 0 Å². The fraction of sp³-hybridized carbons (Fsp3) is 0.214. The zero-order chi connectivity index (χ0) is 11.8. The van der Waals surface area contributed by atoms with Gasteiger partial charge in [0.1, 0.15) is 12.4 Å². The molecule has 1 aromatic carbocycles. The summed E-state index contributed by atoms with van der Waals surface area (Å²) in [7, 11) is 0. The van der Waals surface area contributed by atoms with Crippen LogP contribution in [0.2, 0.25) is 0 Å². The van der Waals surface area contributed by atoms with Crippen LogP contribution in [0.1, 0.15) is 5.56 Å². The molecule has 0 fully saturated rings. The summed E-state index contributed by atoms with van der Waals surface area (Å²) < 4.78 is 5.57. The van der Waals surface area contributed by atoms with E-state index in [2.05, 4.69) is 10.3 Å². The largest absolute Gasteiger partial charge is 0.492 e. The number of benzene rings is 1. The van der Waals surface area contributed by atoms with E-state index in [1.165, 1.54) is 5.56 Å². The van der Waals surface area contributed by atoms with Gasteiger partial charge in [-0.1, -0.05) is 18.2 Å². The molecule has 1 aromatic heterocycles. The average molecular weight is 228 g/mol. The van der Waals surface area contributed by atoms with E-state index in [0.717, 1.165) is 18.8 Å². The van der Waals surface area contributed by atoms with Crippen molar-refractivity contribution in [3.63, 3.8) is 0 Å². The highest BCUT2D eigenvalue weighted by atomic mass is 16.5. The van der Waals surface area contributed by atoms with E-state index in [0.29, 0.717) is 6.61 Å². The topological polar surface area (TPSA) is 34.1 Å². The molecular weight excluding hydrogens is 212 g/mol. The number of rotatable bonds is 6. The second-order valence-corrected chi connectivity index (χ2v) is 3.69. The van der Waals surface area contributed by atoms with Crippen LogP contribution in [0.15, 0.2) is 54.9 Å². The van der Waals surface area contributed by atoms with E-state index in [-0.39, 0.29) is 0 Å². The van der Waals surface area contributed by atoms with Crippen molar-refractivity contribution in [2.45, 2.75) is 6.54 Å². The van der Waals surface area contributed by atoms with Gasteiger partial charge < -0.3 is 10.1 Å². The molecule has 0 saturated heterocycles. The number of hydrogen-bond donors (Lipinski definition) is 1. The molecule has 88 valence electrons. The minimum absolute atomic E-state index is 0.676. The number of nitrogens with one attached hydrogen (secondary N) is 1. The van der Waals surface area contributed by atoms with Gasteiger partial charge in [0.25, 0.3) is 0 Å². The molecule has 2 aromatic rings. The smallest absolute Gasteiger partial charge is 0.119 e. The zero-order valence-corrected chi connectivity index (χ0v) is 9.67. The molecule has 0 aliphatic carbocycles. The van der Waals surface area contributed by atoms with Crippen LogP contribution in [0.3, 0.4) is 0 Å². The molecule has 3 nitrogen and oxygen atoms in total. The lowest BCUT2D eigenvalue weighted by Crippen LogP contribution is -2.20. The van der Waals surface area contributed by atoms with Crippen molar-refractivity contribution in [1.29, 1.82) is 0 Å². The first kappa shape index (κ1) is 11.6. The highest BCUT2D eigenvalue weighted by Crippen LogP contribution is 2.07. The lowest BCUT2D eigenvalue weighted by atomic mass is 10.3. The van der Waals surface area contributed by atoms with Gasteiger partial charge in [-0.15, -0.1) is 0 Å². The second-order valence-electron chi connectivity index (χ2n) is 3.69. The third-order valence-corrected chi connectivity index (χ3v) is 2.37. The maximum atomic E-state index is 5.57. The highest BCUT2D eigenvalue weighted by Gasteiger charge is 1.93. The number of hydrogen-bond acceptors (Lipinski definition) is 3. The molecule has 0 aliphatic rings. The van der Waals surface area contributed by atoms with Crippen molar-refractivity contribution in [3.8, 4) is 5.75 Å². The summed E-state index contributed by atoms with van der Waals surface area (Å²) in [5.74, 6) is 0.915. The molecule has 1 heterocycles. The molecule has 0 saturated carbocycles. The van der Waals surface area contributed by atoms with E-state index in [1.807, 2.05) is 42.5 Å². The van der Waals surface area contributed by atoms with Gasteiger partial charge in [-0.2, -0.15) is 0 Å². The van der Waals surface area contributed by atoms with E-state index in [4.69, 9.17) is 4.74 Å². The average Bonchev–Trinajstić information content (AvgIpc) is 2.41. The van der Waals surface area contributed by atoms with Gasteiger partial charge in [-0.05, 0) is 29.8 Å². The predicted molar refractivity (Wildman–Crippen MR) is 67.9 cm³/mol. The van der Waals surface area contributed by atoms with Crippen LogP contribution in [0.4, 0.5) is 0 Å². The van der Waals surface area contributed by atoms with Crippen LogP contribution in [-0.4, -0.2) is 18.1 Å². The van der Waals surface area contributed by atoms with E-state index in [9.17, 15) is 0 Å². The summed E-state index contributed by atoms with van der Waals surface area (Å²) in [6.45, 7) is 2.35. The van der Waals surface area contributed by atoms with Crippen LogP contribution < -0.4 is 10.1 Å². The van der Waals surface area contributed by atoms with Crippen LogP contribution in [0, 0.1) is 0 Å². The molecule has 0 spiro atoms. The minimum atomic E-state index is 0.676. The zero-order valence-electron chi connectivity index (χ0n) is 9.67. The van der Waals surface area contributed by atoms with Crippen molar-refractivity contribution >= 4 is 0 Å². The Balaban J connectivity index is 1.61. The van der Waals surface area contributed by atoms with E-state index in [1.54, 1.807) is 12.4 Å². The lowest BCUT2D eigenvalue weighted by Gasteiger charge is -2.07. The van der Waals surface area contributed by atoms with E-state index >= 15 is 0 Å². The summed E-state index contributed by atoms with van der Waals surface area (Å²) in [5, 5.41) is 3.32. The van der Waals surface area contributed by atoms with Gasteiger partial charge in [0, 0.05) is 25.5 Å². The normalized spacial score (nSPS) is 10.1. The van der Waals surface area contributed by atoms with E-state index < -0.39 is 0 Å².